The van der Waals surface area contributed by atoms with Crippen molar-refractivity contribution in [2.45, 2.75) is 13.5 Å². The van der Waals surface area contributed by atoms with Gasteiger partial charge in [0.1, 0.15) is 5.82 Å². The molecule has 2 heterocycles. The number of rotatable bonds is 4. The summed E-state index contributed by atoms with van der Waals surface area (Å²) in [5, 5.41) is 3.86. The number of anilines is 1. The minimum absolute atomic E-state index is 0.259. The minimum atomic E-state index is -0.472. The Hall–Kier alpha value is -2.99. The molecule has 0 radical (unpaired) electrons. The molecule has 2 aromatic carbocycles. The van der Waals surface area contributed by atoms with Crippen LogP contribution < -0.4 is 5.32 Å². The fraction of sp³-hybridized carbons (Fsp3) is 0.0909. The molecule has 0 bridgehead atoms. The second-order valence-electron chi connectivity index (χ2n) is 6.59. The number of amides is 1. The average molecular weight is 438 g/mol. The quantitative estimate of drug-likeness (QED) is 0.455. The van der Waals surface area contributed by atoms with Crippen LogP contribution in [-0.2, 0) is 6.54 Å². The third-order valence-electron chi connectivity index (χ3n) is 4.62. The van der Waals surface area contributed by atoms with Crippen LogP contribution >= 0.6 is 15.9 Å². The summed E-state index contributed by atoms with van der Waals surface area (Å²) in [6, 6.07) is 14.2. The molecule has 1 amide bonds. The van der Waals surface area contributed by atoms with Gasteiger partial charge >= 0.3 is 0 Å². The summed E-state index contributed by atoms with van der Waals surface area (Å²) in [5.41, 5.74) is 3.72. The van der Waals surface area contributed by atoms with Crippen LogP contribution in [-0.4, -0.2) is 15.5 Å². The Morgan fingerprint density at radius 3 is 2.71 bits per heavy atom. The Balaban J connectivity index is 1.60. The van der Waals surface area contributed by atoms with Gasteiger partial charge in [0, 0.05) is 41.8 Å². The van der Waals surface area contributed by atoms with Gasteiger partial charge in [-0.3, -0.25) is 9.78 Å². The van der Waals surface area contributed by atoms with Gasteiger partial charge in [-0.05, 0) is 76.4 Å². The molecular weight excluding hydrogens is 421 g/mol. The zero-order chi connectivity index (χ0) is 19.7. The highest BCUT2D eigenvalue weighted by Gasteiger charge is 2.12. The molecule has 4 rings (SSSR count). The van der Waals surface area contributed by atoms with E-state index >= 15 is 0 Å². The number of nitrogens with zero attached hydrogens (tertiary/aromatic N) is 2. The fourth-order valence-electron chi connectivity index (χ4n) is 3.13. The van der Waals surface area contributed by atoms with Crippen molar-refractivity contribution >= 4 is 38.4 Å². The van der Waals surface area contributed by atoms with Crippen molar-refractivity contribution < 1.29 is 9.18 Å². The maximum atomic E-state index is 13.7. The van der Waals surface area contributed by atoms with E-state index in [9.17, 15) is 9.18 Å². The van der Waals surface area contributed by atoms with Gasteiger partial charge in [0.25, 0.3) is 5.91 Å². The SMILES string of the molecule is Cc1c(NC(=O)c2ccc(Br)c(F)c2)ccc2cc(Cn3cccc3)cnc12. The molecule has 1 N–H and O–H groups in total. The van der Waals surface area contributed by atoms with E-state index in [2.05, 4.69) is 36.9 Å². The summed E-state index contributed by atoms with van der Waals surface area (Å²) in [5.74, 6) is -0.835. The van der Waals surface area contributed by atoms with Crippen molar-refractivity contribution in [3.05, 3.63) is 94.1 Å². The van der Waals surface area contributed by atoms with Crippen molar-refractivity contribution in [2.75, 3.05) is 5.32 Å². The van der Waals surface area contributed by atoms with Crippen LogP contribution in [0.15, 0.2) is 71.6 Å². The van der Waals surface area contributed by atoms with Gasteiger partial charge in [-0.15, -0.1) is 0 Å². The lowest BCUT2D eigenvalue weighted by Gasteiger charge is -2.12. The Morgan fingerprint density at radius 2 is 1.96 bits per heavy atom. The third-order valence-corrected chi connectivity index (χ3v) is 5.27. The number of benzene rings is 2. The molecule has 0 saturated heterocycles. The van der Waals surface area contributed by atoms with Crippen LogP contribution in [0, 0.1) is 12.7 Å². The van der Waals surface area contributed by atoms with Crippen molar-refractivity contribution in [3.63, 3.8) is 0 Å². The first kappa shape index (κ1) is 18.4. The van der Waals surface area contributed by atoms with E-state index in [1.54, 1.807) is 6.07 Å². The lowest BCUT2D eigenvalue weighted by Crippen LogP contribution is -2.13. The minimum Gasteiger partial charge on any atom is -0.350 e. The zero-order valence-electron chi connectivity index (χ0n) is 15.1. The summed E-state index contributed by atoms with van der Waals surface area (Å²) in [4.78, 5) is 17.1. The van der Waals surface area contributed by atoms with E-state index in [-0.39, 0.29) is 11.5 Å². The third kappa shape index (κ3) is 3.68. The van der Waals surface area contributed by atoms with E-state index in [1.165, 1.54) is 12.1 Å². The Kier molecular flexibility index (Phi) is 4.96. The van der Waals surface area contributed by atoms with Gasteiger partial charge in [0.2, 0.25) is 0 Å². The van der Waals surface area contributed by atoms with Gasteiger partial charge in [0.15, 0.2) is 0 Å². The number of aryl methyl sites for hydroxylation is 1. The number of aromatic nitrogens is 2. The van der Waals surface area contributed by atoms with Crippen LogP contribution in [0.1, 0.15) is 21.5 Å². The highest BCUT2D eigenvalue weighted by atomic mass is 79.9. The average Bonchev–Trinajstić information content (AvgIpc) is 3.19. The summed E-state index contributed by atoms with van der Waals surface area (Å²) >= 11 is 3.09. The second-order valence-corrected chi connectivity index (χ2v) is 7.45. The number of carbonyl (C=O) groups is 1. The number of nitrogens with one attached hydrogen (secondary N) is 1. The second kappa shape index (κ2) is 7.56. The van der Waals surface area contributed by atoms with E-state index in [0.29, 0.717) is 10.2 Å². The van der Waals surface area contributed by atoms with Gasteiger partial charge in [0.05, 0.1) is 9.99 Å². The maximum Gasteiger partial charge on any atom is 0.255 e. The Morgan fingerprint density at radius 1 is 1.18 bits per heavy atom. The first-order chi connectivity index (χ1) is 13.5. The molecule has 4 aromatic rings. The molecule has 4 nitrogen and oxygen atoms in total. The van der Waals surface area contributed by atoms with Gasteiger partial charge < -0.3 is 9.88 Å². The molecule has 0 unspecified atom stereocenters. The van der Waals surface area contributed by atoms with Crippen molar-refractivity contribution in [1.29, 1.82) is 0 Å². The molecule has 0 spiro atoms. The lowest BCUT2D eigenvalue weighted by molar-refractivity contribution is 0.102. The van der Waals surface area contributed by atoms with Gasteiger partial charge in [-0.1, -0.05) is 6.07 Å². The molecule has 0 saturated carbocycles. The summed E-state index contributed by atoms with van der Waals surface area (Å²) in [6.07, 6.45) is 5.88. The molecule has 2 aromatic heterocycles. The lowest BCUT2D eigenvalue weighted by atomic mass is 10.1. The molecule has 0 aliphatic rings. The predicted molar refractivity (Wildman–Crippen MR) is 112 cm³/mol. The molecular formula is C22H17BrFN3O. The molecule has 140 valence electrons. The summed E-state index contributed by atoms with van der Waals surface area (Å²) < 4.78 is 16.1. The summed E-state index contributed by atoms with van der Waals surface area (Å²) in [7, 11) is 0. The Labute approximate surface area is 170 Å². The van der Waals surface area contributed by atoms with Crippen molar-refractivity contribution in [3.8, 4) is 0 Å². The van der Waals surface area contributed by atoms with E-state index < -0.39 is 5.82 Å². The fourth-order valence-corrected chi connectivity index (χ4v) is 3.38. The molecule has 28 heavy (non-hydrogen) atoms. The Bertz CT molecular complexity index is 1170. The van der Waals surface area contributed by atoms with Crippen molar-refractivity contribution in [1.82, 2.24) is 9.55 Å². The highest BCUT2D eigenvalue weighted by molar-refractivity contribution is 9.10. The highest BCUT2D eigenvalue weighted by Crippen LogP contribution is 2.26. The summed E-state index contributed by atoms with van der Waals surface area (Å²) in [6.45, 7) is 2.67. The van der Waals surface area contributed by atoms with E-state index in [0.717, 1.165) is 28.6 Å². The zero-order valence-corrected chi connectivity index (χ0v) is 16.7. The number of hydrogen-bond acceptors (Lipinski definition) is 2. The van der Waals surface area contributed by atoms with E-state index in [1.807, 2.05) is 49.8 Å². The van der Waals surface area contributed by atoms with Crippen LogP contribution in [0.4, 0.5) is 10.1 Å². The molecule has 0 atom stereocenters. The molecule has 0 fully saturated rings. The number of hydrogen-bond donors (Lipinski definition) is 1. The van der Waals surface area contributed by atoms with Gasteiger partial charge in [-0.25, -0.2) is 4.39 Å². The normalized spacial score (nSPS) is 11.0. The van der Waals surface area contributed by atoms with Gasteiger partial charge in [-0.2, -0.15) is 0 Å². The van der Waals surface area contributed by atoms with Crippen LogP contribution in [0.3, 0.4) is 0 Å². The van der Waals surface area contributed by atoms with Crippen LogP contribution in [0.25, 0.3) is 10.9 Å². The monoisotopic (exact) mass is 437 g/mol. The number of halogens is 2. The maximum absolute atomic E-state index is 13.7. The molecule has 6 heteroatoms. The smallest absolute Gasteiger partial charge is 0.255 e. The first-order valence-corrected chi connectivity index (χ1v) is 9.56. The predicted octanol–water partition coefficient (Wildman–Crippen LogP) is 5.55. The molecule has 0 aliphatic carbocycles. The largest absolute Gasteiger partial charge is 0.350 e. The first-order valence-electron chi connectivity index (χ1n) is 8.76. The van der Waals surface area contributed by atoms with Crippen molar-refractivity contribution in [2.24, 2.45) is 0 Å². The van der Waals surface area contributed by atoms with Crippen LogP contribution in [0.5, 0.6) is 0 Å². The van der Waals surface area contributed by atoms with E-state index in [4.69, 9.17) is 0 Å². The number of pyridine rings is 1. The topological polar surface area (TPSA) is 46.9 Å². The number of fused-ring (bicyclic) bond motifs is 1. The standard InChI is InChI=1S/C22H17BrFN3O/c1-14-20(26-22(28)17-4-6-18(23)19(24)11-17)7-5-16-10-15(12-25-21(14)16)13-27-8-2-3-9-27/h2-12H,13H2,1H3,(H,26,28). The number of carbonyl (C=O) groups excluding carboxylic acids is 1. The van der Waals surface area contributed by atoms with Crippen LogP contribution in [0.2, 0.25) is 0 Å². The molecule has 0 aliphatic heterocycles.